The van der Waals surface area contributed by atoms with Crippen LogP contribution in [0.15, 0.2) is 18.5 Å². The van der Waals surface area contributed by atoms with Crippen molar-refractivity contribution < 1.29 is 4.79 Å². The fourth-order valence-electron chi connectivity index (χ4n) is 1.60. The Balaban J connectivity index is 2.69. The van der Waals surface area contributed by atoms with Crippen molar-refractivity contribution in [1.29, 1.82) is 0 Å². The highest BCUT2D eigenvalue weighted by atomic mass is 16.1. The fourth-order valence-corrected chi connectivity index (χ4v) is 1.60. The number of carbonyl (C=O) groups is 1. The van der Waals surface area contributed by atoms with Crippen LogP contribution in [0, 0.1) is 0 Å². The zero-order chi connectivity index (χ0) is 12.8. The standard InChI is InChI=1S/C11H19N5O/c1-8(7-16(2)3)14-11(17)9-4-5-13-6-10(9)15-12/h4-6,8,15H,7,12H2,1-3H3,(H,14,17). The molecule has 0 spiro atoms. The third-order valence-electron chi connectivity index (χ3n) is 2.24. The van der Waals surface area contributed by atoms with Gasteiger partial charge in [-0.3, -0.25) is 15.6 Å². The Morgan fingerprint density at radius 1 is 1.59 bits per heavy atom. The molecule has 0 aliphatic rings. The van der Waals surface area contributed by atoms with Crippen molar-refractivity contribution >= 4 is 11.6 Å². The van der Waals surface area contributed by atoms with Gasteiger partial charge in [0.05, 0.1) is 17.4 Å². The zero-order valence-electron chi connectivity index (χ0n) is 10.4. The number of amides is 1. The smallest absolute Gasteiger partial charge is 0.253 e. The van der Waals surface area contributed by atoms with Crippen LogP contribution >= 0.6 is 0 Å². The average Bonchev–Trinajstić information content (AvgIpc) is 2.27. The first kappa shape index (κ1) is 13.4. The maximum absolute atomic E-state index is 12.0. The van der Waals surface area contributed by atoms with Crippen LogP contribution in [0.2, 0.25) is 0 Å². The van der Waals surface area contributed by atoms with E-state index >= 15 is 0 Å². The van der Waals surface area contributed by atoms with Crippen LogP contribution in [0.1, 0.15) is 17.3 Å². The summed E-state index contributed by atoms with van der Waals surface area (Å²) in [6, 6.07) is 1.70. The summed E-state index contributed by atoms with van der Waals surface area (Å²) < 4.78 is 0. The molecule has 6 heteroatoms. The summed E-state index contributed by atoms with van der Waals surface area (Å²) in [5, 5.41) is 2.90. The van der Waals surface area contributed by atoms with E-state index in [1.54, 1.807) is 12.3 Å². The van der Waals surface area contributed by atoms with Gasteiger partial charge in [-0.05, 0) is 27.1 Å². The second-order valence-electron chi connectivity index (χ2n) is 4.20. The number of anilines is 1. The summed E-state index contributed by atoms with van der Waals surface area (Å²) in [5.74, 6) is 5.16. The molecule has 0 radical (unpaired) electrons. The van der Waals surface area contributed by atoms with E-state index in [9.17, 15) is 4.79 Å². The maximum atomic E-state index is 12.0. The minimum atomic E-state index is -0.158. The van der Waals surface area contributed by atoms with E-state index in [0.29, 0.717) is 11.3 Å². The summed E-state index contributed by atoms with van der Waals surface area (Å²) >= 11 is 0. The zero-order valence-corrected chi connectivity index (χ0v) is 10.4. The molecule has 0 bridgehead atoms. The van der Waals surface area contributed by atoms with Gasteiger partial charge in [-0.1, -0.05) is 0 Å². The van der Waals surface area contributed by atoms with Crippen molar-refractivity contribution in [2.24, 2.45) is 5.84 Å². The molecule has 0 saturated carbocycles. The summed E-state index contributed by atoms with van der Waals surface area (Å²) in [4.78, 5) is 17.9. The van der Waals surface area contributed by atoms with Gasteiger partial charge in [-0.2, -0.15) is 0 Å². The molecular formula is C11H19N5O. The van der Waals surface area contributed by atoms with E-state index in [1.807, 2.05) is 25.9 Å². The van der Waals surface area contributed by atoms with E-state index in [0.717, 1.165) is 6.54 Å². The molecule has 0 aliphatic carbocycles. The third-order valence-corrected chi connectivity index (χ3v) is 2.24. The first-order chi connectivity index (χ1) is 8.04. The van der Waals surface area contributed by atoms with Gasteiger partial charge < -0.3 is 15.6 Å². The van der Waals surface area contributed by atoms with Crippen LogP contribution in [-0.4, -0.2) is 42.5 Å². The lowest BCUT2D eigenvalue weighted by Crippen LogP contribution is -2.39. The van der Waals surface area contributed by atoms with Gasteiger partial charge in [0.1, 0.15) is 0 Å². The number of carbonyl (C=O) groups excluding carboxylic acids is 1. The summed E-state index contributed by atoms with van der Waals surface area (Å²) in [6.45, 7) is 2.73. The summed E-state index contributed by atoms with van der Waals surface area (Å²) in [6.07, 6.45) is 3.08. The lowest BCUT2D eigenvalue weighted by atomic mass is 10.2. The van der Waals surface area contributed by atoms with E-state index in [2.05, 4.69) is 15.7 Å². The minimum Gasteiger partial charge on any atom is -0.348 e. The van der Waals surface area contributed by atoms with E-state index < -0.39 is 0 Å². The van der Waals surface area contributed by atoms with Gasteiger partial charge in [0.15, 0.2) is 0 Å². The second kappa shape index (κ2) is 6.17. The van der Waals surface area contributed by atoms with Crippen LogP contribution in [-0.2, 0) is 0 Å². The number of nitrogens with two attached hydrogens (primary N) is 1. The number of rotatable bonds is 5. The van der Waals surface area contributed by atoms with Gasteiger partial charge in [0.25, 0.3) is 5.91 Å². The summed E-state index contributed by atoms with van der Waals surface area (Å²) in [7, 11) is 3.92. The van der Waals surface area contributed by atoms with E-state index in [-0.39, 0.29) is 11.9 Å². The molecule has 1 aromatic heterocycles. The molecule has 0 saturated heterocycles. The van der Waals surface area contributed by atoms with Crippen molar-refractivity contribution in [1.82, 2.24) is 15.2 Å². The highest BCUT2D eigenvalue weighted by molar-refractivity contribution is 5.99. The van der Waals surface area contributed by atoms with Gasteiger partial charge >= 0.3 is 0 Å². The number of nitrogens with zero attached hydrogens (tertiary/aromatic N) is 2. The molecular weight excluding hydrogens is 218 g/mol. The average molecular weight is 237 g/mol. The molecule has 1 amide bonds. The van der Waals surface area contributed by atoms with Crippen LogP contribution in [0.25, 0.3) is 0 Å². The predicted octanol–water partition coefficient (Wildman–Crippen LogP) is 0.0471. The molecule has 17 heavy (non-hydrogen) atoms. The first-order valence-electron chi connectivity index (χ1n) is 5.40. The molecule has 0 aromatic carbocycles. The fraction of sp³-hybridized carbons (Fsp3) is 0.455. The van der Waals surface area contributed by atoms with Gasteiger partial charge in [-0.15, -0.1) is 0 Å². The lowest BCUT2D eigenvalue weighted by molar-refractivity contribution is 0.0935. The molecule has 0 aliphatic heterocycles. The molecule has 1 unspecified atom stereocenters. The molecule has 4 N–H and O–H groups in total. The number of hydrogen-bond donors (Lipinski definition) is 3. The molecule has 1 rings (SSSR count). The Bertz CT molecular complexity index is 380. The molecule has 94 valence electrons. The Kier molecular flexibility index (Phi) is 4.86. The quantitative estimate of drug-likeness (QED) is 0.498. The lowest BCUT2D eigenvalue weighted by Gasteiger charge is -2.18. The van der Waals surface area contributed by atoms with Gasteiger partial charge in [0, 0.05) is 18.8 Å². The number of pyridine rings is 1. The van der Waals surface area contributed by atoms with Gasteiger partial charge in [0.2, 0.25) is 0 Å². The number of hydrogen-bond acceptors (Lipinski definition) is 5. The predicted molar refractivity (Wildman–Crippen MR) is 67.5 cm³/mol. The highest BCUT2D eigenvalue weighted by Crippen LogP contribution is 2.11. The molecule has 1 aromatic rings. The van der Waals surface area contributed by atoms with Crippen molar-refractivity contribution in [3.8, 4) is 0 Å². The van der Waals surface area contributed by atoms with Crippen molar-refractivity contribution in [3.63, 3.8) is 0 Å². The number of likely N-dealkylation sites (N-methyl/N-ethyl adjacent to an activating group) is 1. The van der Waals surface area contributed by atoms with Crippen molar-refractivity contribution in [3.05, 3.63) is 24.0 Å². The van der Waals surface area contributed by atoms with Gasteiger partial charge in [-0.25, -0.2) is 0 Å². The van der Waals surface area contributed by atoms with Crippen LogP contribution in [0.3, 0.4) is 0 Å². The first-order valence-corrected chi connectivity index (χ1v) is 5.40. The second-order valence-corrected chi connectivity index (χ2v) is 4.20. The molecule has 0 fully saturated rings. The number of aromatic nitrogens is 1. The van der Waals surface area contributed by atoms with Crippen LogP contribution in [0.4, 0.5) is 5.69 Å². The van der Waals surface area contributed by atoms with Crippen LogP contribution in [0.5, 0.6) is 0 Å². The SMILES string of the molecule is CC(CN(C)C)NC(=O)c1ccncc1NN. The molecule has 1 heterocycles. The highest BCUT2D eigenvalue weighted by Gasteiger charge is 2.13. The Hall–Kier alpha value is -1.66. The monoisotopic (exact) mass is 237 g/mol. The molecule has 6 nitrogen and oxygen atoms in total. The summed E-state index contributed by atoms with van der Waals surface area (Å²) in [5.41, 5.74) is 3.47. The van der Waals surface area contributed by atoms with Crippen LogP contribution < -0.4 is 16.6 Å². The maximum Gasteiger partial charge on any atom is 0.253 e. The van der Waals surface area contributed by atoms with Crippen molar-refractivity contribution in [2.45, 2.75) is 13.0 Å². The normalized spacial score (nSPS) is 12.3. The Labute approximate surface area is 101 Å². The number of nitrogens with one attached hydrogen (secondary N) is 2. The van der Waals surface area contributed by atoms with Crippen molar-refractivity contribution in [2.75, 3.05) is 26.1 Å². The number of hydrazine groups is 1. The van der Waals surface area contributed by atoms with E-state index in [1.165, 1.54) is 6.20 Å². The minimum absolute atomic E-state index is 0.0660. The Morgan fingerprint density at radius 3 is 2.88 bits per heavy atom. The largest absolute Gasteiger partial charge is 0.348 e. The number of nitrogen functional groups attached to an aromatic ring is 1. The third kappa shape index (κ3) is 4.01. The van der Waals surface area contributed by atoms with E-state index in [4.69, 9.17) is 5.84 Å². The topological polar surface area (TPSA) is 83.3 Å². The Morgan fingerprint density at radius 2 is 2.29 bits per heavy atom. The molecule has 1 atom stereocenters.